The number of ether oxygens (including phenoxy) is 1. The first kappa shape index (κ1) is 14.2. The minimum atomic E-state index is -5.09. The lowest BCUT2D eigenvalue weighted by Gasteiger charge is -2.13. The fraction of sp³-hybridized carbons (Fsp3) is 0.375. The number of hydrogen-bond acceptors (Lipinski definition) is 2. The van der Waals surface area contributed by atoms with Crippen LogP contribution in [0.25, 0.3) is 0 Å². The van der Waals surface area contributed by atoms with Crippen LogP contribution in [0.5, 0.6) is 5.75 Å². The van der Waals surface area contributed by atoms with Gasteiger partial charge in [-0.25, -0.2) is 13.8 Å². The highest BCUT2D eigenvalue weighted by Crippen LogP contribution is 2.34. The summed E-state index contributed by atoms with van der Waals surface area (Å²) in [6, 6.07) is 0.692. The van der Waals surface area contributed by atoms with E-state index in [1.165, 1.54) is 0 Å². The molecule has 0 amide bonds. The van der Waals surface area contributed by atoms with Crippen LogP contribution in [0.15, 0.2) is 6.07 Å². The first-order chi connectivity index (χ1) is 7.74. The Morgan fingerprint density at radius 1 is 1.35 bits per heavy atom. The molecule has 1 aromatic rings. The van der Waals surface area contributed by atoms with E-state index in [0.29, 0.717) is 6.07 Å². The van der Waals surface area contributed by atoms with Crippen molar-refractivity contribution in [3.05, 3.63) is 22.5 Å². The van der Waals surface area contributed by atoms with Gasteiger partial charge in [-0.3, -0.25) is 0 Å². The standard InChI is InChI=1S/C8H4Cl2F5NO/c9-2-3-1-4(17-8(13,14)15)5(7(11)12)16-6(3)10/h1,7H,2H2. The SMILES string of the molecule is FC(F)c1nc(Cl)c(CCl)cc1OC(F)(F)F. The van der Waals surface area contributed by atoms with Crippen LogP contribution in [0.1, 0.15) is 17.7 Å². The predicted molar refractivity (Wildman–Crippen MR) is 50.4 cm³/mol. The molecule has 0 bridgehead atoms. The van der Waals surface area contributed by atoms with E-state index in [1.807, 2.05) is 0 Å². The lowest BCUT2D eigenvalue weighted by molar-refractivity contribution is -0.275. The molecule has 0 aromatic carbocycles. The molecule has 0 aliphatic rings. The molecule has 0 fully saturated rings. The first-order valence-corrected chi connectivity index (χ1v) is 4.95. The van der Waals surface area contributed by atoms with Crippen molar-refractivity contribution in [2.24, 2.45) is 0 Å². The van der Waals surface area contributed by atoms with Crippen molar-refractivity contribution < 1.29 is 26.7 Å². The van der Waals surface area contributed by atoms with E-state index in [0.717, 1.165) is 0 Å². The molecule has 0 N–H and O–H groups in total. The van der Waals surface area contributed by atoms with Gasteiger partial charge in [0.15, 0.2) is 11.4 Å². The molecule has 17 heavy (non-hydrogen) atoms. The maximum Gasteiger partial charge on any atom is 0.573 e. The second-order valence-corrected chi connectivity index (χ2v) is 3.43. The fourth-order valence-corrected chi connectivity index (χ4v) is 1.47. The monoisotopic (exact) mass is 295 g/mol. The van der Waals surface area contributed by atoms with Crippen molar-refractivity contribution >= 4 is 23.2 Å². The Kier molecular flexibility index (Phi) is 4.37. The highest BCUT2D eigenvalue weighted by molar-refractivity contribution is 6.31. The Morgan fingerprint density at radius 2 is 1.94 bits per heavy atom. The van der Waals surface area contributed by atoms with Crippen LogP contribution in [0.3, 0.4) is 0 Å². The molecular weight excluding hydrogens is 292 g/mol. The molecule has 1 heterocycles. The molecule has 0 saturated heterocycles. The van der Waals surface area contributed by atoms with Gasteiger partial charge in [0, 0.05) is 5.56 Å². The number of pyridine rings is 1. The van der Waals surface area contributed by atoms with E-state index in [1.54, 1.807) is 0 Å². The summed E-state index contributed by atoms with van der Waals surface area (Å²) in [5.74, 6) is -1.38. The number of alkyl halides is 6. The molecule has 0 aliphatic carbocycles. The average molecular weight is 296 g/mol. The molecule has 9 heteroatoms. The zero-order chi connectivity index (χ0) is 13.2. The van der Waals surface area contributed by atoms with Crippen LogP contribution in [0.4, 0.5) is 22.0 Å². The van der Waals surface area contributed by atoms with Crippen LogP contribution < -0.4 is 4.74 Å². The summed E-state index contributed by atoms with van der Waals surface area (Å²) in [6.45, 7) is 0. The summed E-state index contributed by atoms with van der Waals surface area (Å²) in [4.78, 5) is 3.13. The highest BCUT2D eigenvalue weighted by atomic mass is 35.5. The summed E-state index contributed by atoms with van der Waals surface area (Å²) < 4.78 is 64.1. The Balaban J connectivity index is 3.24. The first-order valence-electron chi connectivity index (χ1n) is 4.03. The van der Waals surface area contributed by atoms with Gasteiger partial charge >= 0.3 is 6.36 Å². The van der Waals surface area contributed by atoms with E-state index in [2.05, 4.69) is 9.72 Å². The van der Waals surface area contributed by atoms with E-state index in [-0.39, 0.29) is 16.6 Å². The van der Waals surface area contributed by atoms with Crippen molar-refractivity contribution in [1.29, 1.82) is 0 Å². The minimum Gasteiger partial charge on any atom is -0.404 e. The molecule has 0 saturated carbocycles. The van der Waals surface area contributed by atoms with Gasteiger partial charge in [-0.1, -0.05) is 11.6 Å². The Hall–Kier alpha value is -0.820. The maximum atomic E-state index is 12.4. The summed E-state index contributed by atoms with van der Waals surface area (Å²) >= 11 is 10.8. The third-order valence-electron chi connectivity index (χ3n) is 1.62. The number of aromatic nitrogens is 1. The molecule has 0 spiro atoms. The van der Waals surface area contributed by atoms with Crippen molar-refractivity contribution in [2.75, 3.05) is 0 Å². The second-order valence-electron chi connectivity index (χ2n) is 2.80. The molecule has 0 aliphatic heterocycles. The molecule has 0 unspecified atom stereocenters. The molecule has 2 nitrogen and oxygen atoms in total. The van der Waals surface area contributed by atoms with E-state index >= 15 is 0 Å². The van der Waals surface area contributed by atoms with Crippen LogP contribution in [-0.4, -0.2) is 11.3 Å². The van der Waals surface area contributed by atoms with Crippen molar-refractivity contribution in [3.63, 3.8) is 0 Å². The number of hydrogen-bond donors (Lipinski definition) is 0. The van der Waals surface area contributed by atoms with Crippen molar-refractivity contribution in [3.8, 4) is 5.75 Å². The largest absolute Gasteiger partial charge is 0.573 e. The quantitative estimate of drug-likeness (QED) is 0.471. The van der Waals surface area contributed by atoms with Crippen LogP contribution in [0.2, 0.25) is 5.15 Å². The van der Waals surface area contributed by atoms with Crippen molar-refractivity contribution in [2.45, 2.75) is 18.7 Å². The average Bonchev–Trinajstić information content (AvgIpc) is 2.17. The number of halogens is 7. The summed E-state index contributed by atoms with van der Waals surface area (Å²) in [6.07, 6.45) is -8.34. The molecule has 1 aromatic heterocycles. The minimum absolute atomic E-state index is 0.0306. The maximum absolute atomic E-state index is 12.4. The zero-order valence-electron chi connectivity index (χ0n) is 7.86. The van der Waals surface area contributed by atoms with Gasteiger partial charge in [0.1, 0.15) is 5.15 Å². The zero-order valence-corrected chi connectivity index (χ0v) is 9.37. The third-order valence-corrected chi connectivity index (χ3v) is 2.23. The second kappa shape index (κ2) is 5.22. The fourth-order valence-electron chi connectivity index (χ4n) is 0.981. The third kappa shape index (κ3) is 3.85. The molecule has 0 atom stereocenters. The number of nitrogens with zero attached hydrogens (tertiary/aromatic N) is 1. The highest BCUT2D eigenvalue weighted by Gasteiger charge is 2.34. The lowest BCUT2D eigenvalue weighted by atomic mass is 10.2. The summed E-state index contributed by atoms with van der Waals surface area (Å²) in [7, 11) is 0. The van der Waals surface area contributed by atoms with Gasteiger partial charge in [0.2, 0.25) is 0 Å². The van der Waals surface area contributed by atoms with Gasteiger partial charge in [-0.15, -0.1) is 24.8 Å². The Labute approximate surface area is 102 Å². The molecule has 1 rings (SSSR count). The van der Waals surface area contributed by atoms with Gasteiger partial charge in [-0.2, -0.15) is 0 Å². The predicted octanol–water partition coefficient (Wildman–Crippen LogP) is 4.31. The van der Waals surface area contributed by atoms with Gasteiger partial charge in [-0.05, 0) is 6.07 Å². The van der Waals surface area contributed by atoms with Gasteiger partial charge < -0.3 is 4.74 Å². The van der Waals surface area contributed by atoms with Crippen LogP contribution >= 0.6 is 23.2 Å². The van der Waals surface area contributed by atoms with Gasteiger partial charge in [0.05, 0.1) is 5.88 Å². The lowest BCUT2D eigenvalue weighted by Crippen LogP contribution is -2.19. The van der Waals surface area contributed by atoms with Crippen LogP contribution in [-0.2, 0) is 5.88 Å². The smallest absolute Gasteiger partial charge is 0.404 e. The molecule has 96 valence electrons. The molecular formula is C8H4Cl2F5NO. The van der Waals surface area contributed by atoms with Gasteiger partial charge in [0.25, 0.3) is 6.43 Å². The Morgan fingerprint density at radius 3 is 2.35 bits per heavy atom. The summed E-state index contributed by atoms with van der Waals surface area (Å²) in [5.41, 5.74) is -1.21. The van der Waals surface area contributed by atoms with E-state index < -0.39 is 24.2 Å². The topological polar surface area (TPSA) is 22.1 Å². The van der Waals surface area contributed by atoms with E-state index in [4.69, 9.17) is 23.2 Å². The van der Waals surface area contributed by atoms with Crippen molar-refractivity contribution in [1.82, 2.24) is 4.98 Å². The molecule has 0 radical (unpaired) electrons. The van der Waals surface area contributed by atoms with Crippen LogP contribution in [0, 0.1) is 0 Å². The number of rotatable bonds is 3. The summed E-state index contributed by atoms with van der Waals surface area (Å²) in [5, 5.41) is -0.384. The Bertz CT molecular complexity index is 410. The van der Waals surface area contributed by atoms with E-state index in [9.17, 15) is 22.0 Å². The normalized spacial score (nSPS) is 12.0.